The van der Waals surface area contributed by atoms with Crippen LogP contribution in [0.15, 0.2) is 30.5 Å². The van der Waals surface area contributed by atoms with Crippen LogP contribution in [0.4, 0.5) is 4.39 Å². The molecule has 1 aromatic heterocycles. The van der Waals surface area contributed by atoms with Gasteiger partial charge in [-0.15, -0.1) is 0 Å². The summed E-state index contributed by atoms with van der Waals surface area (Å²) < 4.78 is 37.8. The standard InChI is InChI=1S/C13H16FNO2S/c1-2-18(16,17)9-3-7-15-8-6-11-4-5-12(14)10-13(11)15/h4-6,8,10H,2-3,7,9H2,1H3. The van der Waals surface area contributed by atoms with Gasteiger partial charge in [0.1, 0.15) is 15.7 Å². The van der Waals surface area contributed by atoms with Crippen LogP contribution in [0.1, 0.15) is 13.3 Å². The van der Waals surface area contributed by atoms with E-state index in [0.717, 1.165) is 10.9 Å². The van der Waals surface area contributed by atoms with Gasteiger partial charge in [0.15, 0.2) is 0 Å². The Morgan fingerprint density at radius 1 is 1.28 bits per heavy atom. The van der Waals surface area contributed by atoms with E-state index in [-0.39, 0.29) is 17.3 Å². The van der Waals surface area contributed by atoms with Gasteiger partial charge in [-0.2, -0.15) is 0 Å². The molecular formula is C13H16FNO2S. The minimum Gasteiger partial charge on any atom is -0.347 e. The summed E-state index contributed by atoms with van der Waals surface area (Å²) in [4.78, 5) is 0. The molecule has 0 radical (unpaired) electrons. The van der Waals surface area contributed by atoms with E-state index in [4.69, 9.17) is 0 Å². The van der Waals surface area contributed by atoms with Crippen molar-refractivity contribution in [1.82, 2.24) is 4.57 Å². The number of nitrogens with zero attached hydrogens (tertiary/aromatic N) is 1. The minimum absolute atomic E-state index is 0.175. The normalized spacial score (nSPS) is 12.1. The molecule has 0 spiro atoms. The van der Waals surface area contributed by atoms with Crippen molar-refractivity contribution >= 4 is 20.7 Å². The van der Waals surface area contributed by atoms with Crippen molar-refractivity contribution in [1.29, 1.82) is 0 Å². The summed E-state index contributed by atoms with van der Waals surface area (Å²) in [5.74, 6) is 0.0793. The smallest absolute Gasteiger partial charge is 0.150 e. The number of benzene rings is 1. The van der Waals surface area contributed by atoms with Gasteiger partial charge in [-0.25, -0.2) is 12.8 Å². The number of halogens is 1. The molecule has 2 aromatic rings. The molecule has 0 saturated carbocycles. The van der Waals surface area contributed by atoms with E-state index < -0.39 is 9.84 Å². The third-order valence-corrected chi connectivity index (χ3v) is 4.82. The molecule has 0 unspecified atom stereocenters. The largest absolute Gasteiger partial charge is 0.347 e. The lowest BCUT2D eigenvalue weighted by Crippen LogP contribution is -2.11. The number of aromatic nitrogens is 1. The van der Waals surface area contributed by atoms with Gasteiger partial charge in [0.25, 0.3) is 0 Å². The van der Waals surface area contributed by atoms with Gasteiger partial charge in [0.05, 0.1) is 11.3 Å². The van der Waals surface area contributed by atoms with Crippen LogP contribution in [-0.2, 0) is 16.4 Å². The first-order valence-corrected chi connectivity index (χ1v) is 7.79. The van der Waals surface area contributed by atoms with Crippen LogP contribution < -0.4 is 0 Å². The molecule has 2 rings (SSSR count). The number of rotatable bonds is 5. The predicted molar refractivity (Wildman–Crippen MR) is 70.8 cm³/mol. The Balaban J connectivity index is 2.11. The first-order valence-electron chi connectivity index (χ1n) is 5.96. The summed E-state index contributed by atoms with van der Waals surface area (Å²) in [6.45, 7) is 2.24. The maximum Gasteiger partial charge on any atom is 0.150 e. The van der Waals surface area contributed by atoms with E-state index in [1.165, 1.54) is 12.1 Å². The van der Waals surface area contributed by atoms with E-state index in [9.17, 15) is 12.8 Å². The summed E-state index contributed by atoms with van der Waals surface area (Å²) in [5, 5.41) is 0.967. The maximum atomic E-state index is 13.2. The topological polar surface area (TPSA) is 39.1 Å². The molecular weight excluding hydrogens is 253 g/mol. The van der Waals surface area contributed by atoms with Gasteiger partial charge in [-0.05, 0) is 36.1 Å². The summed E-state index contributed by atoms with van der Waals surface area (Å²) >= 11 is 0. The van der Waals surface area contributed by atoms with Crippen molar-refractivity contribution in [2.75, 3.05) is 11.5 Å². The third-order valence-electron chi connectivity index (χ3n) is 3.03. The number of aryl methyl sites for hydroxylation is 1. The molecule has 0 amide bonds. The van der Waals surface area contributed by atoms with Crippen LogP contribution >= 0.6 is 0 Å². The molecule has 0 fully saturated rings. The predicted octanol–water partition coefficient (Wildman–Crippen LogP) is 2.61. The highest BCUT2D eigenvalue weighted by atomic mass is 32.2. The van der Waals surface area contributed by atoms with Crippen molar-refractivity contribution in [3.8, 4) is 0 Å². The molecule has 0 saturated heterocycles. The quantitative estimate of drug-likeness (QED) is 0.837. The van der Waals surface area contributed by atoms with Gasteiger partial charge < -0.3 is 4.57 Å². The van der Waals surface area contributed by atoms with E-state index in [1.54, 1.807) is 13.0 Å². The highest BCUT2D eigenvalue weighted by molar-refractivity contribution is 7.91. The maximum absolute atomic E-state index is 13.2. The minimum atomic E-state index is -2.92. The van der Waals surface area contributed by atoms with Crippen LogP contribution in [0.5, 0.6) is 0 Å². The Bertz CT molecular complexity index is 646. The van der Waals surface area contributed by atoms with Crippen LogP contribution in [-0.4, -0.2) is 24.5 Å². The number of fused-ring (bicyclic) bond motifs is 1. The Kier molecular flexibility index (Phi) is 3.71. The summed E-state index contributed by atoms with van der Waals surface area (Å²) in [6, 6.07) is 6.53. The zero-order valence-corrected chi connectivity index (χ0v) is 11.1. The molecule has 0 aliphatic rings. The van der Waals surface area contributed by atoms with Gasteiger partial charge in [-0.1, -0.05) is 6.92 Å². The third kappa shape index (κ3) is 2.90. The Labute approximate surface area is 106 Å². The molecule has 0 bridgehead atoms. The van der Waals surface area contributed by atoms with E-state index >= 15 is 0 Å². The van der Waals surface area contributed by atoms with Crippen LogP contribution in [0.3, 0.4) is 0 Å². The number of hydrogen-bond acceptors (Lipinski definition) is 2. The second-order valence-electron chi connectivity index (χ2n) is 4.30. The molecule has 0 aliphatic carbocycles. The zero-order valence-electron chi connectivity index (χ0n) is 10.3. The van der Waals surface area contributed by atoms with E-state index in [0.29, 0.717) is 13.0 Å². The molecule has 5 heteroatoms. The molecule has 0 atom stereocenters. The highest BCUT2D eigenvalue weighted by Gasteiger charge is 2.08. The van der Waals surface area contributed by atoms with Crippen molar-refractivity contribution in [3.05, 3.63) is 36.3 Å². The van der Waals surface area contributed by atoms with Gasteiger partial charge in [-0.3, -0.25) is 0 Å². The first-order chi connectivity index (χ1) is 8.52. The lowest BCUT2D eigenvalue weighted by Gasteiger charge is -2.05. The fourth-order valence-corrected chi connectivity index (χ4v) is 2.81. The molecule has 98 valence electrons. The van der Waals surface area contributed by atoms with Crippen molar-refractivity contribution in [2.24, 2.45) is 0 Å². The monoisotopic (exact) mass is 269 g/mol. The molecule has 0 N–H and O–H groups in total. The number of sulfone groups is 1. The lowest BCUT2D eigenvalue weighted by molar-refractivity contribution is 0.588. The van der Waals surface area contributed by atoms with Crippen LogP contribution in [0.25, 0.3) is 10.9 Å². The fraction of sp³-hybridized carbons (Fsp3) is 0.385. The van der Waals surface area contributed by atoms with Gasteiger partial charge in [0, 0.05) is 18.5 Å². The lowest BCUT2D eigenvalue weighted by atomic mass is 10.2. The van der Waals surface area contributed by atoms with Crippen LogP contribution in [0.2, 0.25) is 0 Å². The average molecular weight is 269 g/mol. The number of hydrogen-bond donors (Lipinski definition) is 0. The van der Waals surface area contributed by atoms with E-state index in [1.807, 2.05) is 16.8 Å². The molecule has 3 nitrogen and oxygen atoms in total. The highest BCUT2D eigenvalue weighted by Crippen LogP contribution is 2.17. The van der Waals surface area contributed by atoms with E-state index in [2.05, 4.69) is 0 Å². The SMILES string of the molecule is CCS(=O)(=O)CCCn1ccc2ccc(F)cc21. The van der Waals surface area contributed by atoms with Crippen LogP contribution in [0, 0.1) is 5.82 Å². The zero-order chi connectivity index (χ0) is 13.2. The van der Waals surface area contributed by atoms with Gasteiger partial charge in [0.2, 0.25) is 0 Å². The molecule has 1 heterocycles. The summed E-state index contributed by atoms with van der Waals surface area (Å²) in [7, 11) is -2.92. The van der Waals surface area contributed by atoms with Crippen molar-refractivity contribution in [2.45, 2.75) is 19.9 Å². The molecule has 1 aromatic carbocycles. The second-order valence-corrected chi connectivity index (χ2v) is 6.77. The first kappa shape index (κ1) is 13.1. The Morgan fingerprint density at radius 3 is 2.78 bits per heavy atom. The van der Waals surface area contributed by atoms with Gasteiger partial charge >= 0.3 is 0 Å². The summed E-state index contributed by atoms with van der Waals surface area (Å²) in [6.07, 6.45) is 2.42. The van der Waals surface area contributed by atoms with Crippen molar-refractivity contribution in [3.63, 3.8) is 0 Å². The average Bonchev–Trinajstić information content (AvgIpc) is 2.72. The summed E-state index contributed by atoms with van der Waals surface area (Å²) in [5.41, 5.74) is 0.809. The molecule has 0 aliphatic heterocycles. The fourth-order valence-electron chi connectivity index (χ4n) is 1.95. The Hall–Kier alpha value is -1.36. The second kappa shape index (κ2) is 5.10. The van der Waals surface area contributed by atoms with Crippen molar-refractivity contribution < 1.29 is 12.8 Å². The molecule has 18 heavy (non-hydrogen) atoms. The Morgan fingerprint density at radius 2 is 2.06 bits per heavy atom.